The molecule has 0 aliphatic heterocycles. The second-order valence-electron chi connectivity index (χ2n) is 3.57. The Kier molecular flexibility index (Phi) is 5.08. The fourth-order valence-electron chi connectivity index (χ4n) is 1.42. The summed E-state index contributed by atoms with van der Waals surface area (Å²) in [4.78, 5) is 8.49. The van der Waals surface area contributed by atoms with E-state index in [1.807, 2.05) is 42.7 Å². The minimum absolute atomic E-state index is 0.220. The van der Waals surface area contributed by atoms with E-state index in [0.29, 0.717) is 15.7 Å². The first kappa shape index (κ1) is 14.2. The highest BCUT2D eigenvalue weighted by molar-refractivity contribution is 7.99. The van der Waals surface area contributed by atoms with Crippen LogP contribution in [0.15, 0.2) is 40.5 Å². The average molecular weight is 308 g/mol. The second kappa shape index (κ2) is 6.80. The Morgan fingerprint density at radius 2 is 2.00 bits per heavy atom. The van der Waals surface area contributed by atoms with Gasteiger partial charge < -0.3 is 0 Å². The summed E-state index contributed by atoms with van der Waals surface area (Å²) in [6.45, 7) is 0. The largest absolute Gasteiger partial charge is 0.215 e. The van der Waals surface area contributed by atoms with Crippen LogP contribution in [0.1, 0.15) is 11.1 Å². The second-order valence-corrected chi connectivity index (χ2v) is 5.66. The third kappa shape index (κ3) is 3.63. The van der Waals surface area contributed by atoms with E-state index in [4.69, 9.17) is 16.9 Å². The van der Waals surface area contributed by atoms with E-state index in [1.54, 1.807) is 0 Å². The van der Waals surface area contributed by atoms with Gasteiger partial charge in [0, 0.05) is 5.75 Å². The van der Waals surface area contributed by atoms with Gasteiger partial charge in [-0.05, 0) is 11.8 Å². The maximum absolute atomic E-state index is 8.99. The van der Waals surface area contributed by atoms with E-state index < -0.39 is 0 Å². The molecule has 19 heavy (non-hydrogen) atoms. The van der Waals surface area contributed by atoms with Crippen LogP contribution in [-0.2, 0) is 5.75 Å². The van der Waals surface area contributed by atoms with Gasteiger partial charge in [0.05, 0.1) is 0 Å². The number of rotatable bonds is 4. The molecular formula is C13H10ClN3S2. The SMILES string of the molecule is CSc1nc(SCc2ccccc2)nc(Cl)c1C#N. The lowest BCUT2D eigenvalue weighted by molar-refractivity contribution is 0.883. The Bertz CT molecular complexity index is 611. The fraction of sp³-hybridized carbons (Fsp3) is 0.154. The first-order valence-electron chi connectivity index (χ1n) is 5.43. The van der Waals surface area contributed by atoms with Gasteiger partial charge in [0.15, 0.2) is 10.3 Å². The molecule has 96 valence electrons. The number of halogens is 1. The maximum Gasteiger partial charge on any atom is 0.190 e. The predicted molar refractivity (Wildman–Crippen MR) is 79.5 cm³/mol. The zero-order chi connectivity index (χ0) is 13.7. The summed E-state index contributed by atoms with van der Waals surface area (Å²) in [5.74, 6) is 0.775. The molecule has 0 aliphatic rings. The number of nitrogens with zero attached hydrogens (tertiary/aromatic N) is 3. The summed E-state index contributed by atoms with van der Waals surface area (Å²) in [6, 6.07) is 12.1. The molecule has 0 radical (unpaired) electrons. The van der Waals surface area contributed by atoms with Crippen molar-refractivity contribution in [2.75, 3.05) is 6.26 Å². The van der Waals surface area contributed by atoms with E-state index in [2.05, 4.69) is 9.97 Å². The van der Waals surface area contributed by atoms with Crippen LogP contribution in [0.3, 0.4) is 0 Å². The van der Waals surface area contributed by atoms with Crippen molar-refractivity contribution in [1.82, 2.24) is 9.97 Å². The van der Waals surface area contributed by atoms with Crippen LogP contribution in [0, 0.1) is 11.3 Å². The van der Waals surface area contributed by atoms with Gasteiger partial charge in [-0.25, -0.2) is 9.97 Å². The van der Waals surface area contributed by atoms with Crippen LogP contribution >= 0.6 is 35.1 Å². The fourth-order valence-corrected chi connectivity index (χ4v) is 3.12. The monoisotopic (exact) mass is 307 g/mol. The Balaban J connectivity index is 2.18. The lowest BCUT2D eigenvalue weighted by atomic mass is 10.2. The number of hydrogen-bond acceptors (Lipinski definition) is 5. The van der Waals surface area contributed by atoms with Crippen molar-refractivity contribution in [3.05, 3.63) is 46.6 Å². The number of benzene rings is 1. The molecule has 0 N–H and O–H groups in total. The van der Waals surface area contributed by atoms with Crippen LogP contribution in [-0.4, -0.2) is 16.2 Å². The molecule has 3 nitrogen and oxygen atoms in total. The van der Waals surface area contributed by atoms with E-state index >= 15 is 0 Å². The van der Waals surface area contributed by atoms with E-state index in [-0.39, 0.29) is 5.15 Å². The van der Waals surface area contributed by atoms with Gasteiger partial charge in [-0.2, -0.15) is 5.26 Å². The summed E-state index contributed by atoms with van der Waals surface area (Å²) < 4.78 is 0. The van der Waals surface area contributed by atoms with Crippen molar-refractivity contribution in [3.63, 3.8) is 0 Å². The highest BCUT2D eigenvalue weighted by Gasteiger charge is 2.12. The first-order chi connectivity index (χ1) is 9.24. The summed E-state index contributed by atoms with van der Waals surface area (Å²) in [5.41, 5.74) is 1.54. The molecule has 0 bridgehead atoms. The average Bonchev–Trinajstić information content (AvgIpc) is 2.45. The smallest absolute Gasteiger partial charge is 0.190 e. The minimum atomic E-state index is 0.220. The van der Waals surface area contributed by atoms with Gasteiger partial charge >= 0.3 is 0 Å². The van der Waals surface area contributed by atoms with Crippen molar-refractivity contribution < 1.29 is 0 Å². The number of hydrogen-bond donors (Lipinski definition) is 0. The van der Waals surface area contributed by atoms with Crippen molar-refractivity contribution in [2.24, 2.45) is 0 Å². The van der Waals surface area contributed by atoms with Crippen LogP contribution in [0.4, 0.5) is 0 Å². The quantitative estimate of drug-likeness (QED) is 0.485. The van der Waals surface area contributed by atoms with Crippen molar-refractivity contribution >= 4 is 35.1 Å². The summed E-state index contributed by atoms with van der Waals surface area (Å²) in [5, 5.41) is 10.4. The lowest BCUT2D eigenvalue weighted by Gasteiger charge is -2.05. The van der Waals surface area contributed by atoms with Gasteiger partial charge in [-0.15, -0.1) is 11.8 Å². The van der Waals surface area contributed by atoms with E-state index in [0.717, 1.165) is 5.75 Å². The van der Waals surface area contributed by atoms with Gasteiger partial charge in [0.25, 0.3) is 0 Å². The summed E-state index contributed by atoms with van der Waals surface area (Å²) >= 11 is 8.90. The third-order valence-corrected chi connectivity index (χ3v) is 4.20. The molecule has 1 heterocycles. The van der Waals surface area contributed by atoms with Crippen LogP contribution in [0.25, 0.3) is 0 Å². The number of aromatic nitrogens is 2. The van der Waals surface area contributed by atoms with Gasteiger partial charge in [0.1, 0.15) is 16.7 Å². The molecule has 0 fully saturated rings. The molecule has 0 spiro atoms. The summed E-state index contributed by atoms with van der Waals surface area (Å²) in [6.07, 6.45) is 1.87. The summed E-state index contributed by atoms with van der Waals surface area (Å²) in [7, 11) is 0. The van der Waals surface area contributed by atoms with Crippen molar-refractivity contribution in [3.8, 4) is 6.07 Å². The molecule has 1 aromatic carbocycles. The zero-order valence-corrected chi connectivity index (χ0v) is 12.5. The molecule has 2 aromatic rings. The molecule has 1 aromatic heterocycles. The normalized spacial score (nSPS) is 10.2. The molecular weight excluding hydrogens is 298 g/mol. The Morgan fingerprint density at radius 3 is 2.63 bits per heavy atom. The molecule has 0 aliphatic carbocycles. The van der Waals surface area contributed by atoms with Gasteiger partial charge in [0.2, 0.25) is 0 Å². The standard InChI is InChI=1S/C13H10ClN3S2/c1-18-12-10(7-15)11(14)16-13(17-12)19-8-9-5-3-2-4-6-9/h2-6H,8H2,1H3. The van der Waals surface area contributed by atoms with Crippen LogP contribution < -0.4 is 0 Å². The van der Waals surface area contributed by atoms with Crippen molar-refractivity contribution in [1.29, 1.82) is 5.26 Å². The molecule has 0 atom stereocenters. The third-order valence-electron chi connectivity index (χ3n) is 2.33. The topological polar surface area (TPSA) is 49.6 Å². The Morgan fingerprint density at radius 1 is 1.26 bits per heavy atom. The first-order valence-corrected chi connectivity index (χ1v) is 8.01. The molecule has 0 unspecified atom stereocenters. The molecule has 6 heteroatoms. The lowest BCUT2D eigenvalue weighted by Crippen LogP contribution is -1.95. The molecule has 0 saturated heterocycles. The number of thioether (sulfide) groups is 2. The van der Waals surface area contributed by atoms with Crippen molar-refractivity contribution in [2.45, 2.75) is 15.9 Å². The molecule has 0 amide bonds. The van der Waals surface area contributed by atoms with E-state index in [1.165, 1.54) is 29.1 Å². The number of nitriles is 1. The minimum Gasteiger partial charge on any atom is -0.215 e. The highest BCUT2D eigenvalue weighted by atomic mass is 35.5. The van der Waals surface area contributed by atoms with Gasteiger partial charge in [-0.3, -0.25) is 0 Å². The Labute approximate surface area is 125 Å². The molecule has 0 saturated carbocycles. The maximum atomic E-state index is 8.99. The van der Waals surface area contributed by atoms with Crippen LogP contribution in [0.5, 0.6) is 0 Å². The van der Waals surface area contributed by atoms with E-state index in [9.17, 15) is 0 Å². The predicted octanol–water partition coefficient (Wildman–Crippen LogP) is 4.02. The van der Waals surface area contributed by atoms with Gasteiger partial charge in [-0.1, -0.05) is 53.7 Å². The highest BCUT2D eigenvalue weighted by Crippen LogP contribution is 2.27. The Hall–Kier alpha value is -1.22. The zero-order valence-electron chi connectivity index (χ0n) is 10.1. The molecule has 2 rings (SSSR count). The van der Waals surface area contributed by atoms with Crippen LogP contribution in [0.2, 0.25) is 5.15 Å².